The molecule has 0 aromatic rings. The Morgan fingerprint density at radius 2 is 0.843 bits per heavy atom. The smallest absolute Gasteiger partial charge is 0.315 e. The van der Waals surface area contributed by atoms with E-state index in [-0.39, 0.29) is 182 Å². The van der Waals surface area contributed by atoms with Crippen molar-refractivity contribution in [2.24, 2.45) is 68.1 Å². The number of amides is 16. The minimum Gasteiger partial charge on any atom is -0.394 e. The van der Waals surface area contributed by atoms with Crippen molar-refractivity contribution in [1.29, 1.82) is 0 Å². The average Bonchev–Trinajstić information content (AvgIpc) is 1.65. The molecule has 0 aliphatic carbocycles. The van der Waals surface area contributed by atoms with Gasteiger partial charge in [0.05, 0.1) is 18.7 Å². The number of rotatable bonds is 55. The molecular weight excluding hydrogens is 1510 g/mol. The molecule has 115 heavy (non-hydrogen) atoms. The minimum atomic E-state index is -1.87. The highest BCUT2D eigenvalue weighted by Crippen LogP contribution is 2.33. The summed E-state index contributed by atoms with van der Waals surface area (Å²) in [4.78, 5) is 214. The lowest BCUT2D eigenvalue weighted by Crippen LogP contribution is -2.64. The van der Waals surface area contributed by atoms with Crippen LogP contribution in [0.5, 0.6) is 0 Å². The molecular formula is C75H139N23O16S. The predicted octanol–water partition coefficient (Wildman–Crippen LogP) is -2.79. The lowest BCUT2D eigenvalue weighted by molar-refractivity contribution is -0.138. The Balaban J connectivity index is 0.0000661. The van der Waals surface area contributed by atoms with Crippen LogP contribution in [0.25, 0.3) is 0 Å². The van der Waals surface area contributed by atoms with E-state index in [2.05, 4.69) is 89.7 Å². The van der Waals surface area contributed by atoms with Crippen molar-refractivity contribution in [2.75, 3.05) is 38.5 Å². The lowest BCUT2D eigenvalue weighted by atomic mass is 9.98. The Bertz CT molecular complexity index is 3280. The summed E-state index contributed by atoms with van der Waals surface area (Å²) in [6.07, 6.45) is 3.88. The van der Waals surface area contributed by atoms with Crippen LogP contribution in [-0.4, -0.2) is 233 Å². The molecule has 2 aliphatic heterocycles. The Hall–Kier alpha value is -9.34. The number of nitrogens with two attached hydrogens (primary N) is 6. The summed E-state index contributed by atoms with van der Waals surface area (Å²) in [7, 11) is 0. The van der Waals surface area contributed by atoms with Gasteiger partial charge in [-0.15, -0.1) is 0 Å². The summed E-state index contributed by atoms with van der Waals surface area (Å²) in [5.41, 5.74) is 30.3. The fourth-order valence-electron chi connectivity index (χ4n) is 12.5. The van der Waals surface area contributed by atoms with E-state index in [4.69, 9.17) is 34.4 Å². The minimum absolute atomic E-state index is 0. The van der Waals surface area contributed by atoms with Crippen LogP contribution in [0.15, 0.2) is 9.98 Å². The quantitative estimate of drug-likeness (QED) is 0.0127. The van der Waals surface area contributed by atoms with Crippen LogP contribution in [0.3, 0.4) is 0 Å². The number of primary amides is 1. The molecule has 0 saturated carbocycles. The average molecular weight is 1650 g/mol. The Morgan fingerprint density at radius 1 is 0.470 bits per heavy atom. The molecule has 0 unspecified atom stereocenters. The van der Waals surface area contributed by atoms with Crippen molar-refractivity contribution in [1.82, 2.24) is 79.8 Å². The molecule has 2 saturated heterocycles. The third-order valence-electron chi connectivity index (χ3n) is 18.7. The molecule has 13 atom stereocenters. The van der Waals surface area contributed by atoms with E-state index in [1.54, 1.807) is 39.5 Å². The highest BCUT2D eigenvalue weighted by Gasteiger charge is 2.44. The number of unbranched alkanes of at least 4 members (excludes halogenated alkanes) is 3. The fourth-order valence-corrected chi connectivity index (χ4v) is 14.1. The van der Waals surface area contributed by atoms with Gasteiger partial charge in [-0.1, -0.05) is 69.2 Å². The second kappa shape index (κ2) is 52.3. The van der Waals surface area contributed by atoms with Crippen molar-refractivity contribution in [2.45, 2.75) is 309 Å². The monoisotopic (exact) mass is 1650 g/mol. The van der Waals surface area contributed by atoms with Crippen molar-refractivity contribution in [3.63, 3.8) is 0 Å². The fraction of sp³-hybridized carbons (Fsp3) is 0.773. The molecule has 0 bridgehead atoms. The zero-order chi connectivity index (χ0) is 86.3. The van der Waals surface area contributed by atoms with Crippen LogP contribution in [0.1, 0.15) is 220 Å². The second-order valence-corrected chi connectivity index (χ2v) is 33.4. The van der Waals surface area contributed by atoms with Crippen LogP contribution in [0.4, 0.5) is 4.79 Å². The molecule has 28 N–H and O–H groups in total. The molecule has 0 spiro atoms. The summed E-state index contributed by atoms with van der Waals surface area (Å²) >= 11 is 1.78. The first-order valence-electron chi connectivity index (χ1n) is 39.6. The maximum absolute atomic E-state index is 14.9. The number of hydrogen-bond donors (Lipinski definition) is 22. The van der Waals surface area contributed by atoms with Gasteiger partial charge in [0.15, 0.2) is 11.9 Å². The number of nitrogens with one attached hydrogen (secondary N) is 15. The number of urea groups is 1. The maximum Gasteiger partial charge on any atom is 0.315 e. The highest BCUT2D eigenvalue weighted by molar-refractivity contribution is 8.00. The van der Waals surface area contributed by atoms with E-state index < -0.39 is 155 Å². The third kappa shape index (κ3) is 40.2. The van der Waals surface area contributed by atoms with Gasteiger partial charge in [0.2, 0.25) is 82.7 Å². The van der Waals surface area contributed by atoms with E-state index in [0.717, 1.165) is 18.6 Å². The molecule has 2 rings (SSSR count). The normalized spacial score (nSPS) is 17.0. The summed E-state index contributed by atoms with van der Waals surface area (Å²) in [5.74, 6) is -11.2. The van der Waals surface area contributed by atoms with Gasteiger partial charge in [0.1, 0.15) is 71.5 Å². The van der Waals surface area contributed by atoms with E-state index >= 15 is 0 Å². The molecule has 0 aromatic carbocycles. The molecule has 2 heterocycles. The molecule has 2 aliphatic rings. The van der Waals surface area contributed by atoms with Crippen molar-refractivity contribution in [3.8, 4) is 0 Å². The third-order valence-corrected chi connectivity index (χ3v) is 20.2. The summed E-state index contributed by atoms with van der Waals surface area (Å²) < 4.78 is 0. The van der Waals surface area contributed by atoms with E-state index in [1.165, 1.54) is 41.5 Å². The van der Waals surface area contributed by atoms with Crippen LogP contribution >= 0.6 is 11.8 Å². The number of aliphatic hydroxyl groups is 1. The van der Waals surface area contributed by atoms with E-state index in [9.17, 15) is 77.0 Å². The number of hydrogen-bond acceptors (Lipinski definition) is 20. The van der Waals surface area contributed by atoms with Gasteiger partial charge in [0, 0.05) is 44.0 Å². The Kier molecular flexibility index (Phi) is 47.1. The van der Waals surface area contributed by atoms with Crippen LogP contribution in [0, 0.1) is 23.7 Å². The number of aliphatic hydroxyl groups excluding tert-OH is 1. The first kappa shape index (κ1) is 104. The summed E-state index contributed by atoms with van der Waals surface area (Å²) in [6, 6.07) is -13.3. The van der Waals surface area contributed by atoms with E-state index in [0.29, 0.717) is 19.3 Å². The molecule has 2 fully saturated rings. The number of carbonyl (C=O) groups excluding carboxylic acids is 15. The van der Waals surface area contributed by atoms with Gasteiger partial charge in [0.25, 0.3) is 0 Å². The van der Waals surface area contributed by atoms with Gasteiger partial charge >= 0.3 is 6.03 Å². The summed E-state index contributed by atoms with van der Waals surface area (Å²) in [6.45, 7) is 21.8. The number of nitrogens with zero attached hydrogens (tertiary/aromatic N) is 2. The number of fused-ring (bicyclic) bond motifs is 1. The zero-order valence-electron chi connectivity index (χ0n) is 69.1. The number of guanidine groups is 2. The van der Waals surface area contributed by atoms with Crippen molar-refractivity contribution in [3.05, 3.63) is 0 Å². The van der Waals surface area contributed by atoms with Crippen LogP contribution in [-0.2, 0) is 67.1 Å². The first-order valence-corrected chi connectivity index (χ1v) is 40.7. The van der Waals surface area contributed by atoms with Gasteiger partial charge < -0.3 is 119 Å². The molecule has 40 heteroatoms. The first-order chi connectivity index (χ1) is 53.3. The standard InChI is InChI=1S/C74H135N23O16S.CH4/c1-39(2)33-49(58(76)101)88-64(107)50(34-40(3)4)89-62(105)47(26-22-32-83-71(79)80)86-63(106)48(24-18-20-30-81-56(100)28-16-15-27-55-57-54(38-114-55)94-72(113)95-57)92-68(111)73(11,12)96-66(109)52(36-42(7)8)90-61(104)45(23-17-19-29-75)85-60(103)46(25-21-31-82-70(77)78)87-65(108)51(35-41(5)6)93-69(112)74(13,14)97-67(110)53(37-98)91-59(102)43(9)84-44(10)99;/h39-43,45-55,57,98H,15-38,75H2,1-14H3,(H2,76,101)(H,81,100)(H,84,99)(H,85,103)(H,86,106)(H,87,108)(H,88,107)(H,89,105)(H,90,104)(H,91,102)(H,92,111)(H,93,112)(H,96,109)(H,97,110)(H4,77,78,82)(H4,79,80,83)(H2,94,95,113);1H4/t43-,45-,46-,47-,48-,49-,50-,51-,52-,53-,54-,55-,57-;/m0./s1. The number of carbonyl (C=O) groups is 15. The lowest BCUT2D eigenvalue weighted by Gasteiger charge is -2.32. The molecule has 656 valence electrons. The van der Waals surface area contributed by atoms with Gasteiger partial charge in [-0.2, -0.15) is 11.8 Å². The van der Waals surface area contributed by atoms with Gasteiger partial charge in [-0.3, -0.25) is 77.1 Å². The molecule has 0 aromatic heterocycles. The number of aliphatic imine (C=N–C) groups is 2. The summed E-state index contributed by atoms with van der Waals surface area (Å²) in [5, 5.41) is 50.7. The van der Waals surface area contributed by atoms with Crippen LogP contribution < -0.4 is 114 Å². The second-order valence-electron chi connectivity index (χ2n) is 32.1. The van der Waals surface area contributed by atoms with Gasteiger partial charge in [-0.05, 0) is 168 Å². The largest absolute Gasteiger partial charge is 0.394 e. The highest BCUT2D eigenvalue weighted by atomic mass is 32.2. The Morgan fingerprint density at radius 3 is 1.27 bits per heavy atom. The zero-order valence-corrected chi connectivity index (χ0v) is 69.9. The van der Waals surface area contributed by atoms with Crippen LogP contribution in [0.2, 0.25) is 0 Å². The SMILES string of the molecule is C.CC(=O)N[C@@H](C)C(=O)N[C@@H](CO)C(=O)NC(C)(C)C(=O)N[C@@H](CC(C)C)C(=O)N[C@@H](CCCN=C(N)N)C(=O)N[C@@H](CCCCN)C(=O)N[C@@H](CC(C)C)C(=O)NC(C)(C)C(=O)N[C@@H](CCCCNC(=O)CCCC[C@@H]1SC[C@@H]2NC(=O)N[C@@H]21)C(=O)N[C@@H](CCCN=C(N)N)C(=O)N[C@@H](CC(C)C)C(=O)N[C@@H](CC(C)C)C(N)=O. The van der Waals surface area contributed by atoms with Crippen molar-refractivity contribution < 1.29 is 77.0 Å². The number of thioether (sulfide) groups is 1. The molecule has 0 radical (unpaired) electrons. The van der Waals surface area contributed by atoms with Crippen molar-refractivity contribution >= 4 is 112 Å². The topological polar surface area (TPSA) is 638 Å². The van der Waals surface area contributed by atoms with E-state index in [1.807, 2.05) is 27.7 Å². The molecule has 16 amide bonds. The Labute approximate surface area is 681 Å². The predicted molar refractivity (Wildman–Crippen MR) is 439 cm³/mol. The maximum atomic E-state index is 14.9. The molecule has 39 nitrogen and oxygen atoms in total. The van der Waals surface area contributed by atoms with Gasteiger partial charge in [-0.25, -0.2) is 4.79 Å².